The highest BCUT2D eigenvalue weighted by Crippen LogP contribution is 2.36. The number of aryl methyl sites for hydroxylation is 1. The molecular formula is C17H22. The summed E-state index contributed by atoms with van der Waals surface area (Å²) >= 11 is 0. The van der Waals surface area contributed by atoms with E-state index in [1.165, 1.54) is 34.7 Å². The lowest BCUT2D eigenvalue weighted by Crippen LogP contribution is -2.20. The summed E-state index contributed by atoms with van der Waals surface area (Å²) in [5.41, 5.74) is 3.18. The zero-order chi connectivity index (χ0) is 12.5. The summed E-state index contributed by atoms with van der Waals surface area (Å²) in [6.07, 6.45) is 2.38. The molecule has 0 fully saturated rings. The van der Waals surface area contributed by atoms with E-state index in [1.54, 1.807) is 0 Å². The Bertz CT molecular complexity index is 519. The Labute approximate surface area is 105 Å². The van der Waals surface area contributed by atoms with Crippen molar-refractivity contribution in [2.45, 2.75) is 46.0 Å². The van der Waals surface area contributed by atoms with Gasteiger partial charge in [-0.1, -0.05) is 62.7 Å². The maximum atomic E-state index is 2.38. The molecule has 0 heterocycles. The smallest absolute Gasteiger partial charge is 0.00742 e. The summed E-state index contributed by atoms with van der Waals surface area (Å²) in [7, 11) is 0. The van der Waals surface area contributed by atoms with E-state index >= 15 is 0 Å². The van der Waals surface area contributed by atoms with Crippen LogP contribution in [0, 0.1) is 6.92 Å². The second-order valence-corrected chi connectivity index (χ2v) is 5.30. The summed E-state index contributed by atoms with van der Waals surface area (Å²) < 4.78 is 0. The molecule has 0 aliphatic heterocycles. The Morgan fingerprint density at radius 1 is 1.00 bits per heavy atom. The summed E-state index contributed by atoms with van der Waals surface area (Å²) in [4.78, 5) is 0. The van der Waals surface area contributed by atoms with E-state index in [9.17, 15) is 0 Å². The van der Waals surface area contributed by atoms with Crippen LogP contribution in [-0.4, -0.2) is 0 Å². The Balaban J connectivity index is 2.75. The minimum atomic E-state index is 0.297. The van der Waals surface area contributed by atoms with Gasteiger partial charge in [0.15, 0.2) is 0 Å². The van der Waals surface area contributed by atoms with E-state index in [0.29, 0.717) is 5.41 Å². The van der Waals surface area contributed by atoms with Crippen LogP contribution >= 0.6 is 0 Å². The van der Waals surface area contributed by atoms with Crippen LogP contribution in [0.5, 0.6) is 0 Å². The topological polar surface area (TPSA) is 0 Å². The molecule has 17 heavy (non-hydrogen) atoms. The fourth-order valence-corrected chi connectivity index (χ4v) is 2.59. The van der Waals surface area contributed by atoms with Crippen molar-refractivity contribution in [3.05, 3.63) is 47.5 Å². The molecule has 0 unspecified atom stereocenters. The fourth-order valence-electron chi connectivity index (χ4n) is 2.59. The maximum absolute atomic E-state index is 2.38. The van der Waals surface area contributed by atoms with Crippen LogP contribution in [0.2, 0.25) is 0 Å². The predicted molar refractivity (Wildman–Crippen MR) is 76.6 cm³/mol. The van der Waals surface area contributed by atoms with E-state index in [2.05, 4.69) is 64.1 Å². The number of benzene rings is 2. The molecule has 2 rings (SSSR count). The Morgan fingerprint density at radius 3 is 2.29 bits per heavy atom. The van der Waals surface area contributed by atoms with Crippen molar-refractivity contribution < 1.29 is 0 Å². The molecule has 0 bridgehead atoms. The monoisotopic (exact) mass is 226 g/mol. The summed E-state index contributed by atoms with van der Waals surface area (Å²) in [6, 6.07) is 13.4. The zero-order valence-corrected chi connectivity index (χ0v) is 11.4. The number of hydrogen-bond donors (Lipinski definition) is 0. The lowest BCUT2D eigenvalue weighted by molar-refractivity contribution is 0.442. The van der Waals surface area contributed by atoms with Gasteiger partial charge in [-0.2, -0.15) is 0 Å². The van der Waals surface area contributed by atoms with Gasteiger partial charge in [0, 0.05) is 0 Å². The first-order chi connectivity index (χ1) is 8.10. The van der Waals surface area contributed by atoms with Gasteiger partial charge in [-0.15, -0.1) is 0 Å². The van der Waals surface area contributed by atoms with E-state index in [1.807, 2.05) is 0 Å². The zero-order valence-electron chi connectivity index (χ0n) is 11.4. The fraction of sp³-hybridized carbons (Fsp3) is 0.412. The predicted octanol–water partition coefficient (Wildman–Crippen LogP) is 5.23. The van der Waals surface area contributed by atoms with Gasteiger partial charge in [0.2, 0.25) is 0 Å². The van der Waals surface area contributed by atoms with Crippen molar-refractivity contribution in [1.82, 2.24) is 0 Å². The van der Waals surface area contributed by atoms with Crippen LogP contribution in [0.15, 0.2) is 36.4 Å². The average molecular weight is 226 g/mol. The van der Waals surface area contributed by atoms with Crippen molar-refractivity contribution in [2.75, 3.05) is 0 Å². The molecule has 0 heteroatoms. The van der Waals surface area contributed by atoms with Gasteiger partial charge in [0.05, 0.1) is 0 Å². The van der Waals surface area contributed by atoms with Gasteiger partial charge in [-0.25, -0.2) is 0 Å². The molecule has 90 valence electrons. The molecule has 0 nitrogen and oxygen atoms in total. The van der Waals surface area contributed by atoms with E-state index in [-0.39, 0.29) is 0 Å². The van der Waals surface area contributed by atoms with Crippen LogP contribution in [0.3, 0.4) is 0 Å². The third-order valence-electron chi connectivity index (χ3n) is 4.22. The van der Waals surface area contributed by atoms with Gasteiger partial charge in [0.1, 0.15) is 0 Å². The van der Waals surface area contributed by atoms with Crippen LogP contribution in [-0.2, 0) is 5.41 Å². The van der Waals surface area contributed by atoms with Gasteiger partial charge >= 0.3 is 0 Å². The molecule has 0 saturated carbocycles. The minimum Gasteiger partial charge on any atom is -0.0645 e. The van der Waals surface area contributed by atoms with Crippen LogP contribution in [0.25, 0.3) is 10.8 Å². The molecule has 0 atom stereocenters. The third kappa shape index (κ3) is 2.09. The van der Waals surface area contributed by atoms with E-state index in [4.69, 9.17) is 0 Å². The summed E-state index contributed by atoms with van der Waals surface area (Å²) in [5.74, 6) is 0. The molecule has 2 aromatic carbocycles. The highest BCUT2D eigenvalue weighted by molar-refractivity contribution is 5.87. The second kappa shape index (κ2) is 4.52. The highest BCUT2D eigenvalue weighted by Gasteiger charge is 2.24. The number of rotatable bonds is 3. The average Bonchev–Trinajstić information content (AvgIpc) is 2.36. The number of hydrogen-bond acceptors (Lipinski definition) is 0. The normalized spacial score (nSPS) is 12.0. The first kappa shape index (κ1) is 12.2. The standard InChI is InChI=1S/C17H22/c1-5-17(4,6-2)16-12-13(3)11-14-9-7-8-10-15(14)16/h7-12H,5-6H2,1-4H3. The SMILES string of the molecule is CCC(C)(CC)c1cc(C)cc2ccccc12. The molecule has 0 amide bonds. The van der Waals surface area contributed by atoms with E-state index in [0.717, 1.165) is 0 Å². The molecule has 2 aromatic rings. The van der Waals surface area contributed by atoms with Crippen LogP contribution in [0.1, 0.15) is 44.7 Å². The van der Waals surface area contributed by atoms with Crippen molar-refractivity contribution in [1.29, 1.82) is 0 Å². The molecule has 0 aliphatic rings. The van der Waals surface area contributed by atoms with Gasteiger partial charge < -0.3 is 0 Å². The Hall–Kier alpha value is -1.30. The van der Waals surface area contributed by atoms with Gasteiger partial charge in [-0.3, -0.25) is 0 Å². The first-order valence-electron chi connectivity index (χ1n) is 6.60. The molecule has 0 saturated heterocycles. The molecular weight excluding hydrogens is 204 g/mol. The quantitative estimate of drug-likeness (QED) is 0.672. The summed E-state index contributed by atoms with van der Waals surface area (Å²) in [6.45, 7) is 9.16. The van der Waals surface area contributed by atoms with Crippen LogP contribution in [0.4, 0.5) is 0 Å². The van der Waals surface area contributed by atoms with Gasteiger partial charge in [-0.05, 0) is 41.5 Å². The molecule has 0 radical (unpaired) electrons. The maximum Gasteiger partial charge on any atom is -0.00742 e. The van der Waals surface area contributed by atoms with Crippen molar-refractivity contribution in [2.24, 2.45) is 0 Å². The molecule has 0 N–H and O–H groups in total. The first-order valence-corrected chi connectivity index (χ1v) is 6.60. The second-order valence-electron chi connectivity index (χ2n) is 5.30. The Kier molecular flexibility index (Phi) is 3.24. The summed E-state index contributed by atoms with van der Waals surface area (Å²) in [5, 5.41) is 2.79. The lowest BCUT2D eigenvalue weighted by atomic mass is 9.75. The van der Waals surface area contributed by atoms with E-state index < -0.39 is 0 Å². The van der Waals surface area contributed by atoms with Crippen molar-refractivity contribution >= 4 is 10.8 Å². The minimum absolute atomic E-state index is 0.297. The van der Waals surface area contributed by atoms with Crippen molar-refractivity contribution in [3.63, 3.8) is 0 Å². The van der Waals surface area contributed by atoms with Gasteiger partial charge in [0.25, 0.3) is 0 Å². The largest absolute Gasteiger partial charge is 0.0645 e. The van der Waals surface area contributed by atoms with Crippen molar-refractivity contribution in [3.8, 4) is 0 Å². The van der Waals surface area contributed by atoms with Crippen LogP contribution < -0.4 is 0 Å². The third-order valence-corrected chi connectivity index (χ3v) is 4.22. The molecule has 0 spiro atoms. The molecule has 0 aliphatic carbocycles. The Morgan fingerprint density at radius 2 is 1.65 bits per heavy atom. The number of fused-ring (bicyclic) bond motifs is 1. The lowest BCUT2D eigenvalue weighted by Gasteiger charge is -2.29. The molecule has 0 aromatic heterocycles. The highest BCUT2D eigenvalue weighted by atomic mass is 14.3.